The van der Waals surface area contributed by atoms with Crippen LogP contribution in [0.1, 0.15) is 30.9 Å². The molecular weight excluding hydrogens is 330 g/mol. The van der Waals surface area contributed by atoms with E-state index in [0.29, 0.717) is 23.9 Å². The van der Waals surface area contributed by atoms with Gasteiger partial charge in [0.1, 0.15) is 11.6 Å². The summed E-state index contributed by atoms with van der Waals surface area (Å²) in [7, 11) is 3.84. The number of phenols is 1. The molecule has 7 nitrogen and oxygen atoms in total. The molecule has 26 heavy (non-hydrogen) atoms. The molecule has 0 aliphatic carbocycles. The van der Waals surface area contributed by atoms with Crippen LogP contribution in [0.2, 0.25) is 0 Å². The molecule has 0 radical (unpaired) electrons. The Morgan fingerprint density at radius 3 is 2.62 bits per heavy atom. The molecule has 0 bridgehead atoms. The van der Waals surface area contributed by atoms with Crippen LogP contribution in [0.25, 0.3) is 11.4 Å². The van der Waals surface area contributed by atoms with Gasteiger partial charge < -0.3 is 10.0 Å². The standard InChI is InChI=1S/C19H23N5O2/c1-12(2)14-6-7-16(25)15(9-14)18-21-22-19(26)24(18)11-13-5-8-17(20-10-13)23(3)4/h5-10,12,25H,11H2,1-4H3,(H,22,26). The first-order valence-corrected chi connectivity index (χ1v) is 8.47. The normalized spacial score (nSPS) is 11.1. The Kier molecular flexibility index (Phi) is 4.79. The predicted molar refractivity (Wildman–Crippen MR) is 102 cm³/mol. The summed E-state index contributed by atoms with van der Waals surface area (Å²) in [5, 5.41) is 16.9. The number of rotatable bonds is 5. The van der Waals surface area contributed by atoms with Gasteiger partial charge in [0, 0.05) is 20.3 Å². The van der Waals surface area contributed by atoms with Gasteiger partial charge >= 0.3 is 5.69 Å². The number of phenolic OH excluding ortho intramolecular Hbond substituents is 1. The molecule has 0 atom stereocenters. The molecule has 0 saturated carbocycles. The third kappa shape index (κ3) is 3.46. The zero-order chi connectivity index (χ0) is 18.8. The number of anilines is 1. The second-order valence-corrected chi connectivity index (χ2v) is 6.79. The lowest BCUT2D eigenvalue weighted by Gasteiger charge is -2.13. The number of aromatic nitrogens is 4. The summed E-state index contributed by atoms with van der Waals surface area (Å²) < 4.78 is 1.51. The number of aromatic hydroxyl groups is 1. The fourth-order valence-electron chi connectivity index (χ4n) is 2.72. The van der Waals surface area contributed by atoms with Gasteiger partial charge in [-0.25, -0.2) is 14.9 Å². The number of hydrogen-bond acceptors (Lipinski definition) is 5. The monoisotopic (exact) mass is 353 g/mol. The lowest BCUT2D eigenvalue weighted by atomic mass is 10.00. The number of H-pyrrole nitrogens is 1. The first-order chi connectivity index (χ1) is 12.4. The van der Waals surface area contributed by atoms with Crippen molar-refractivity contribution in [3.63, 3.8) is 0 Å². The molecule has 0 fully saturated rings. The zero-order valence-corrected chi connectivity index (χ0v) is 15.4. The SMILES string of the molecule is CC(C)c1ccc(O)c(-c2n[nH]c(=O)n2Cc2ccc(N(C)C)nc2)c1. The second-order valence-electron chi connectivity index (χ2n) is 6.79. The van der Waals surface area contributed by atoms with Crippen LogP contribution in [0.15, 0.2) is 41.3 Å². The van der Waals surface area contributed by atoms with Crippen LogP contribution in [0.4, 0.5) is 5.82 Å². The average molecular weight is 353 g/mol. The van der Waals surface area contributed by atoms with Gasteiger partial charge in [-0.1, -0.05) is 26.0 Å². The van der Waals surface area contributed by atoms with Gasteiger partial charge in [0.05, 0.1) is 12.1 Å². The van der Waals surface area contributed by atoms with Crippen molar-refractivity contribution >= 4 is 5.82 Å². The lowest BCUT2D eigenvalue weighted by Crippen LogP contribution is -2.19. The maximum Gasteiger partial charge on any atom is 0.343 e. The maximum absolute atomic E-state index is 12.3. The molecule has 3 rings (SSSR count). The Morgan fingerprint density at radius 2 is 2.00 bits per heavy atom. The Bertz CT molecular complexity index is 955. The van der Waals surface area contributed by atoms with Crippen molar-refractivity contribution in [2.75, 3.05) is 19.0 Å². The van der Waals surface area contributed by atoms with E-state index in [1.807, 2.05) is 43.3 Å². The Labute approximate surface area is 151 Å². The third-order valence-corrected chi connectivity index (χ3v) is 4.29. The largest absolute Gasteiger partial charge is 0.507 e. The topological polar surface area (TPSA) is 87.0 Å². The van der Waals surface area contributed by atoms with Crippen molar-refractivity contribution in [1.82, 2.24) is 19.7 Å². The summed E-state index contributed by atoms with van der Waals surface area (Å²) in [5.41, 5.74) is 2.15. The molecule has 0 spiro atoms. The van der Waals surface area contributed by atoms with Crippen molar-refractivity contribution in [3.8, 4) is 17.1 Å². The van der Waals surface area contributed by atoms with Crippen molar-refractivity contribution < 1.29 is 5.11 Å². The van der Waals surface area contributed by atoms with E-state index in [1.54, 1.807) is 12.3 Å². The van der Waals surface area contributed by atoms with Crippen molar-refractivity contribution in [2.45, 2.75) is 26.3 Å². The number of nitrogens with one attached hydrogen (secondary N) is 1. The number of hydrogen-bond donors (Lipinski definition) is 2. The fourth-order valence-corrected chi connectivity index (χ4v) is 2.72. The smallest absolute Gasteiger partial charge is 0.343 e. The highest BCUT2D eigenvalue weighted by Gasteiger charge is 2.16. The van der Waals surface area contributed by atoms with Crippen LogP contribution in [-0.4, -0.2) is 39.0 Å². The number of pyridine rings is 1. The minimum atomic E-state index is -0.328. The molecule has 1 aromatic carbocycles. The number of aromatic amines is 1. The van der Waals surface area contributed by atoms with Gasteiger partial charge in [-0.2, -0.15) is 5.10 Å². The first-order valence-electron chi connectivity index (χ1n) is 8.47. The minimum absolute atomic E-state index is 0.0933. The summed E-state index contributed by atoms with van der Waals surface area (Å²) in [5.74, 6) is 1.65. The summed E-state index contributed by atoms with van der Waals surface area (Å²) in [4.78, 5) is 18.5. The zero-order valence-electron chi connectivity index (χ0n) is 15.4. The van der Waals surface area contributed by atoms with E-state index in [2.05, 4.69) is 29.0 Å². The fraction of sp³-hybridized carbons (Fsp3) is 0.316. The molecule has 0 amide bonds. The van der Waals surface area contributed by atoms with E-state index in [4.69, 9.17) is 0 Å². The molecule has 136 valence electrons. The molecule has 7 heteroatoms. The number of benzene rings is 1. The molecule has 0 unspecified atom stereocenters. The molecule has 2 aromatic heterocycles. The average Bonchev–Trinajstić information content (AvgIpc) is 2.96. The molecule has 0 aliphatic heterocycles. The second kappa shape index (κ2) is 7.03. The number of nitrogens with zero attached hydrogens (tertiary/aromatic N) is 4. The van der Waals surface area contributed by atoms with E-state index >= 15 is 0 Å². The molecular formula is C19H23N5O2. The van der Waals surface area contributed by atoms with Gasteiger partial charge in [-0.05, 0) is 35.2 Å². The lowest BCUT2D eigenvalue weighted by molar-refractivity contribution is 0.476. The van der Waals surface area contributed by atoms with Crippen LogP contribution in [0, 0.1) is 0 Å². The van der Waals surface area contributed by atoms with Gasteiger partial charge in [0.25, 0.3) is 0 Å². The molecule has 0 saturated heterocycles. The van der Waals surface area contributed by atoms with Gasteiger partial charge in [-0.15, -0.1) is 0 Å². The van der Waals surface area contributed by atoms with Gasteiger partial charge in [-0.3, -0.25) is 4.57 Å². The highest BCUT2D eigenvalue weighted by atomic mass is 16.3. The van der Waals surface area contributed by atoms with E-state index < -0.39 is 0 Å². The van der Waals surface area contributed by atoms with Crippen molar-refractivity contribution in [3.05, 3.63) is 58.1 Å². The molecule has 0 aliphatic rings. The van der Waals surface area contributed by atoms with E-state index in [-0.39, 0.29) is 11.4 Å². The predicted octanol–water partition coefficient (Wildman–Crippen LogP) is 2.58. The molecule has 2 N–H and O–H groups in total. The van der Waals surface area contributed by atoms with Gasteiger partial charge in [0.15, 0.2) is 5.82 Å². The molecule has 3 aromatic rings. The Morgan fingerprint density at radius 1 is 1.23 bits per heavy atom. The Hall–Kier alpha value is -3.09. The quantitative estimate of drug-likeness (QED) is 0.736. The first kappa shape index (κ1) is 17.7. The maximum atomic E-state index is 12.3. The minimum Gasteiger partial charge on any atom is -0.507 e. The van der Waals surface area contributed by atoms with E-state index in [1.165, 1.54) is 4.57 Å². The summed E-state index contributed by atoms with van der Waals surface area (Å²) >= 11 is 0. The third-order valence-electron chi connectivity index (χ3n) is 4.29. The highest BCUT2D eigenvalue weighted by Crippen LogP contribution is 2.30. The summed E-state index contributed by atoms with van der Waals surface area (Å²) in [6.45, 7) is 4.47. The summed E-state index contributed by atoms with van der Waals surface area (Å²) in [6.07, 6.45) is 1.74. The van der Waals surface area contributed by atoms with Crippen LogP contribution < -0.4 is 10.6 Å². The van der Waals surface area contributed by atoms with Crippen LogP contribution in [0.3, 0.4) is 0 Å². The van der Waals surface area contributed by atoms with E-state index in [0.717, 1.165) is 16.9 Å². The van der Waals surface area contributed by atoms with Crippen molar-refractivity contribution in [2.24, 2.45) is 0 Å². The van der Waals surface area contributed by atoms with E-state index in [9.17, 15) is 9.90 Å². The Balaban J connectivity index is 2.00. The highest BCUT2D eigenvalue weighted by molar-refractivity contribution is 5.65. The van der Waals surface area contributed by atoms with Crippen LogP contribution in [0.5, 0.6) is 5.75 Å². The molecule has 2 heterocycles. The van der Waals surface area contributed by atoms with Crippen LogP contribution in [-0.2, 0) is 6.54 Å². The van der Waals surface area contributed by atoms with Crippen LogP contribution >= 0.6 is 0 Å². The van der Waals surface area contributed by atoms with Gasteiger partial charge in [0.2, 0.25) is 0 Å². The van der Waals surface area contributed by atoms with Crippen molar-refractivity contribution in [1.29, 1.82) is 0 Å². The summed E-state index contributed by atoms with van der Waals surface area (Å²) in [6, 6.07) is 9.22.